The Morgan fingerprint density at radius 1 is 1.15 bits per heavy atom. The van der Waals surface area contributed by atoms with Crippen molar-refractivity contribution < 1.29 is 9.53 Å². The summed E-state index contributed by atoms with van der Waals surface area (Å²) in [6.07, 6.45) is 3.24. The third-order valence-electron chi connectivity index (χ3n) is 5.49. The smallest absolute Gasteiger partial charge is 0.423 e. The number of hydrogen-bond donors (Lipinski definition) is 0. The SMILES string of the molecule is CC(C)CCn1c(Cn2c(=O)n(C(=O)OC(C)(C)C)c3cnccc32)nc2cc(C#N)ccc21. The zero-order valence-corrected chi connectivity index (χ0v) is 20.1. The highest BCUT2D eigenvalue weighted by molar-refractivity contribution is 5.86. The van der Waals surface area contributed by atoms with Crippen LogP contribution < -0.4 is 5.69 Å². The summed E-state index contributed by atoms with van der Waals surface area (Å²) in [7, 11) is 0. The predicted octanol–water partition coefficient (Wildman–Crippen LogP) is 4.30. The average molecular weight is 461 g/mol. The first-order chi connectivity index (χ1) is 16.1. The van der Waals surface area contributed by atoms with Gasteiger partial charge in [-0.05, 0) is 57.4 Å². The summed E-state index contributed by atoms with van der Waals surface area (Å²) in [6.45, 7) is 10.4. The van der Waals surface area contributed by atoms with Crippen molar-refractivity contribution >= 4 is 28.2 Å². The lowest BCUT2D eigenvalue weighted by atomic mass is 10.1. The molecule has 0 N–H and O–H groups in total. The van der Waals surface area contributed by atoms with Crippen LogP contribution in [0, 0.1) is 17.2 Å². The number of aryl methyl sites for hydroxylation is 1. The predicted molar refractivity (Wildman–Crippen MR) is 129 cm³/mol. The Labute approximate surface area is 197 Å². The fraction of sp³-hybridized carbons (Fsp3) is 0.400. The van der Waals surface area contributed by atoms with Gasteiger partial charge in [-0.15, -0.1) is 0 Å². The maximum absolute atomic E-state index is 13.4. The van der Waals surface area contributed by atoms with Crippen molar-refractivity contribution in [2.75, 3.05) is 0 Å². The second kappa shape index (κ2) is 8.78. The highest BCUT2D eigenvalue weighted by Gasteiger charge is 2.25. The summed E-state index contributed by atoms with van der Waals surface area (Å²) in [4.78, 5) is 35.2. The van der Waals surface area contributed by atoms with Gasteiger partial charge in [0.25, 0.3) is 0 Å². The van der Waals surface area contributed by atoms with E-state index >= 15 is 0 Å². The van der Waals surface area contributed by atoms with Crippen LogP contribution >= 0.6 is 0 Å². The van der Waals surface area contributed by atoms with E-state index in [2.05, 4.69) is 29.5 Å². The molecular weight excluding hydrogens is 432 g/mol. The summed E-state index contributed by atoms with van der Waals surface area (Å²) in [5, 5.41) is 9.29. The molecule has 4 aromatic rings. The number of imidazole rings is 2. The van der Waals surface area contributed by atoms with Crippen molar-refractivity contribution in [3.63, 3.8) is 0 Å². The van der Waals surface area contributed by atoms with Crippen LogP contribution in [0.4, 0.5) is 4.79 Å². The minimum absolute atomic E-state index is 0.157. The lowest BCUT2D eigenvalue weighted by Crippen LogP contribution is -2.34. The fourth-order valence-electron chi connectivity index (χ4n) is 3.89. The van der Waals surface area contributed by atoms with E-state index in [9.17, 15) is 14.9 Å². The second-order valence-electron chi connectivity index (χ2n) is 9.73. The summed E-state index contributed by atoms with van der Waals surface area (Å²) < 4.78 is 10.1. The van der Waals surface area contributed by atoms with Crippen LogP contribution in [-0.4, -0.2) is 35.4 Å². The Morgan fingerprint density at radius 3 is 2.59 bits per heavy atom. The number of rotatable bonds is 5. The van der Waals surface area contributed by atoms with Crippen molar-refractivity contribution in [3.05, 3.63) is 58.5 Å². The average Bonchev–Trinajstić information content (AvgIpc) is 3.25. The third-order valence-corrected chi connectivity index (χ3v) is 5.49. The normalized spacial score (nSPS) is 11.9. The van der Waals surface area contributed by atoms with Crippen molar-refractivity contribution in [2.45, 2.75) is 59.7 Å². The molecule has 0 saturated heterocycles. The van der Waals surface area contributed by atoms with E-state index < -0.39 is 17.4 Å². The zero-order chi connectivity index (χ0) is 24.6. The van der Waals surface area contributed by atoms with E-state index in [4.69, 9.17) is 9.72 Å². The molecule has 0 spiro atoms. The fourth-order valence-corrected chi connectivity index (χ4v) is 3.89. The van der Waals surface area contributed by atoms with Crippen LogP contribution in [0.1, 0.15) is 52.4 Å². The number of pyridine rings is 1. The lowest BCUT2D eigenvalue weighted by molar-refractivity contribution is 0.0537. The number of benzene rings is 1. The summed E-state index contributed by atoms with van der Waals surface area (Å²) >= 11 is 0. The Balaban J connectivity index is 1.86. The van der Waals surface area contributed by atoms with E-state index in [0.717, 1.165) is 23.0 Å². The number of fused-ring (bicyclic) bond motifs is 2. The highest BCUT2D eigenvalue weighted by Crippen LogP contribution is 2.22. The topological polar surface area (TPSA) is 108 Å². The summed E-state index contributed by atoms with van der Waals surface area (Å²) in [5.74, 6) is 1.15. The van der Waals surface area contributed by atoms with Crippen LogP contribution in [0.25, 0.3) is 22.1 Å². The van der Waals surface area contributed by atoms with Gasteiger partial charge in [0.15, 0.2) is 0 Å². The summed E-state index contributed by atoms with van der Waals surface area (Å²) in [5.41, 5.74) is 1.79. The molecule has 0 atom stereocenters. The van der Waals surface area contributed by atoms with Crippen molar-refractivity contribution in [2.24, 2.45) is 5.92 Å². The van der Waals surface area contributed by atoms with Crippen LogP contribution in [0.5, 0.6) is 0 Å². The Hall–Kier alpha value is -3.93. The Kier molecular flexibility index (Phi) is 6.00. The number of aromatic nitrogens is 5. The number of nitriles is 1. The van der Waals surface area contributed by atoms with Crippen LogP contribution in [-0.2, 0) is 17.8 Å². The first kappa shape index (κ1) is 23.2. The molecule has 0 aliphatic carbocycles. The van der Waals surface area contributed by atoms with Gasteiger partial charge >= 0.3 is 11.8 Å². The largest absolute Gasteiger partial charge is 0.443 e. The molecule has 0 saturated carbocycles. The van der Waals surface area contributed by atoms with Gasteiger partial charge in [0.1, 0.15) is 11.4 Å². The van der Waals surface area contributed by atoms with Crippen molar-refractivity contribution in [1.29, 1.82) is 5.26 Å². The van der Waals surface area contributed by atoms with E-state index in [-0.39, 0.29) is 6.54 Å². The second-order valence-corrected chi connectivity index (χ2v) is 9.73. The maximum Gasteiger partial charge on any atom is 0.423 e. The van der Waals surface area contributed by atoms with Crippen molar-refractivity contribution in [1.82, 2.24) is 23.7 Å². The van der Waals surface area contributed by atoms with Gasteiger partial charge in [0.05, 0.1) is 46.4 Å². The van der Waals surface area contributed by atoms with Gasteiger partial charge in [-0.3, -0.25) is 9.55 Å². The molecule has 0 fully saturated rings. The Morgan fingerprint density at radius 2 is 1.91 bits per heavy atom. The first-order valence-corrected chi connectivity index (χ1v) is 11.3. The van der Waals surface area contributed by atoms with Gasteiger partial charge < -0.3 is 9.30 Å². The lowest BCUT2D eigenvalue weighted by Gasteiger charge is -2.19. The molecule has 0 bridgehead atoms. The molecule has 9 nitrogen and oxygen atoms in total. The van der Waals surface area contributed by atoms with Crippen molar-refractivity contribution in [3.8, 4) is 6.07 Å². The van der Waals surface area contributed by atoms with Gasteiger partial charge in [0, 0.05) is 12.7 Å². The van der Waals surface area contributed by atoms with E-state index in [0.29, 0.717) is 33.9 Å². The minimum atomic E-state index is -0.754. The third kappa shape index (κ3) is 4.44. The molecular formula is C25H28N6O3. The standard InChI is InChI=1S/C25H28N6O3/c1-16(2)9-11-29-19-7-6-17(13-26)12-18(19)28-22(29)15-30-20-8-10-27-14-21(20)31(23(30)32)24(33)34-25(3,4)5/h6-8,10,12,14,16H,9,11,15H2,1-5H3. The molecule has 9 heteroatoms. The molecule has 0 aliphatic heterocycles. The van der Waals surface area contributed by atoms with E-state index in [1.54, 1.807) is 45.2 Å². The number of ether oxygens (including phenoxy) is 1. The molecule has 0 radical (unpaired) electrons. The molecule has 3 aromatic heterocycles. The van der Waals surface area contributed by atoms with Crippen LogP contribution in [0.15, 0.2) is 41.5 Å². The van der Waals surface area contributed by atoms with E-state index in [1.807, 2.05) is 6.07 Å². The first-order valence-electron chi connectivity index (χ1n) is 11.3. The molecule has 3 heterocycles. The van der Waals surface area contributed by atoms with Gasteiger partial charge in [-0.1, -0.05) is 13.8 Å². The number of hydrogen-bond acceptors (Lipinski definition) is 6. The highest BCUT2D eigenvalue weighted by atomic mass is 16.6. The molecule has 34 heavy (non-hydrogen) atoms. The maximum atomic E-state index is 13.4. The monoisotopic (exact) mass is 460 g/mol. The van der Waals surface area contributed by atoms with Gasteiger partial charge in [0.2, 0.25) is 0 Å². The molecule has 0 unspecified atom stereocenters. The quantitative estimate of drug-likeness (QED) is 0.439. The molecule has 0 aliphatic rings. The summed E-state index contributed by atoms with van der Waals surface area (Å²) in [6, 6.07) is 9.26. The zero-order valence-electron chi connectivity index (χ0n) is 20.1. The molecule has 0 amide bonds. The van der Waals surface area contributed by atoms with E-state index in [1.165, 1.54) is 10.8 Å². The minimum Gasteiger partial charge on any atom is -0.443 e. The molecule has 1 aromatic carbocycles. The van der Waals surface area contributed by atoms with Crippen LogP contribution in [0.3, 0.4) is 0 Å². The number of carbonyl (C=O) groups is 1. The Bertz CT molecular complexity index is 1480. The van der Waals surface area contributed by atoms with Gasteiger partial charge in [-0.25, -0.2) is 14.6 Å². The molecule has 4 rings (SSSR count). The van der Waals surface area contributed by atoms with Gasteiger partial charge in [-0.2, -0.15) is 9.83 Å². The van der Waals surface area contributed by atoms with Crippen LogP contribution in [0.2, 0.25) is 0 Å². The number of nitrogens with zero attached hydrogens (tertiary/aromatic N) is 6. The molecule has 176 valence electrons. The number of carbonyl (C=O) groups excluding carboxylic acids is 1.